The van der Waals surface area contributed by atoms with Gasteiger partial charge in [-0.3, -0.25) is 4.79 Å². The SMILES string of the molecule is CCC(Cc1ccccc1OC)(C(=O)O)c1ccccc1. The van der Waals surface area contributed by atoms with Crippen molar-refractivity contribution < 1.29 is 14.6 Å². The highest BCUT2D eigenvalue weighted by Gasteiger charge is 2.39. The summed E-state index contributed by atoms with van der Waals surface area (Å²) in [7, 11) is 1.61. The van der Waals surface area contributed by atoms with Crippen LogP contribution in [-0.4, -0.2) is 18.2 Å². The van der Waals surface area contributed by atoms with E-state index in [1.165, 1.54) is 0 Å². The molecule has 2 rings (SSSR count). The number of carboxylic acid groups (broad SMARTS) is 1. The summed E-state index contributed by atoms with van der Waals surface area (Å²) in [5, 5.41) is 9.86. The second kappa shape index (κ2) is 6.44. The lowest BCUT2D eigenvalue weighted by Gasteiger charge is -2.29. The zero-order valence-electron chi connectivity index (χ0n) is 12.4. The summed E-state index contributed by atoms with van der Waals surface area (Å²) < 4.78 is 5.36. The fourth-order valence-corrected chi connectivity index (χ4v) is 2.71. The Morgan fingerprint density at radius 2 is 1.71 bits per heavy atom. The molecule has 21 heavy (non-hydrogen) atoms. The van der Waals surface area contributed by atoms with Gasteiger partial charge in [0.1, 0.15) is 5.75 Å². The Kier molecular flexibility index (Phi) is 4.63. The maximum atomic E-state index is 12.0. The van der Waals surface area contributed by atoms with E-state index in [1.54, 1.807) is 7.11 Å². The molecular weight excluding hydrogens is 264 g/mol. The van der Waals surface area contributed by atoms with Crippen LogP contribution < -0.4 is 4.74 Å². The molecule has 0 saturated heterocycles. The van der Waals surface area contributed by atoms with E-state index in [1.807, 2.05) is 61.5 Å². The van der Waals surface area contributed by atoms with E-state index in [0.717, 1.165) is 16.9 Å². The Labute approximate surface area is 125 Å². The molecule has 2 aromatic carbocycles. The number of hydrogen-bond acceptors (Lipinski definition) is 2. The predicted octanol–water partition coefficient (Wildman–Crippen LogP) is 3.67. The minimum Gasteiger partial charge on any atom is -0.496 e. The average molecular weight is 284 g/mol. The summed E-state index contributed by atoms with van der Waals surface area (Å²) in [6.07, 6.45) is 0.928. The van der Waals surface area contributed by atoms with E-state index in [4.69, 9.17) is 4.74 Å². The van der Waals surface area contributed by atoms with Gasteiger partial charge in [-0.1, -0.05) is 55.5 Å². The van der Waals surface area contributed by atoms with Crippen LogP contribution in [-0.2, 0) is 16.6 Å². The number of benzene rings is 2. The molecule has 0 spiro atoms. The number of rotatable bonds is 6. The standard InChI is InChI=1S/C18H20O3/c1-3-18(17(19)20,15-10-5-4-6-11-15)13-14-9-7-8-12-16(14)21-2/h4-12H,3,13H2,1-2H3,(H,19,20). The molecule has 3 nitrogen and oxygen atoms in total. The van der Waals surface area contributed by atoms with Crippen LogP contribution in [0.5, 0.6) is 5.75 Å². The molecule has 0 aliphatic heterocycles. The monoisotopic (exact) mass is 284 g/mol. The summed E-state index contributed by atoms with van der Waals surface area (Å²) >= 11 is 0. The van der Waals surface area contributed by atoms with E-state index in [2.05, 4.69) is 0 Å². The van der Waals surface area contributed by atoms with Gasteiger partial charge in [0.05, 0.1) is 12.5 Å². The molecule has 0 bridgehead atoms. The van der Waals surface area contributed by atoms with Gasteiger partial charge in [-0.05, 0) is 30.0 Å². The first-order valence-corrected chi connectivity index (χ1v) is 7.05. The third-order valence-corrected chi connectivity index (χ3v) is 4.02. The lowest BCUT2D eigenvalue weighted by molar-refractivity contribution is -0.144. The fourth-order valence-electron chi connectivity index (χ4n) is 2.71. The Hall–Kier alpha value is -2.29. The summed E-state index contributed by atoms with van der Waals surface area (Å²) in [4.78, 5) is 12.0. The fraction of sp³-hybridized carbons (Fsp3) is 0.278. The van der Waals surface area contributed by atoms with E-state index in [0.29, 0.717) is 12.8 Å². The van der Waals surface area contributed by atoms with Gasteiger partial charge < -0.3 is 9.84 Å². The third-order valence-electron chi connectivity index (χ3n) is 4.02. The van der Waals surface area contributed by atoms with Crippen LogP contribution >= 0.6 is 0 Å². The molecule has 0 fully saturated rings. The van der Waals surface area contributed by atoms with Crippen molar-refractivity contribution in [2.45, 2.75) is 25.2 Å². The third kappa shape index (κ3) is 2.92. The Morgan fingerprint density at radius 1 is 1.10 bits per heavy atom. The van der Waals surface area contributed by atoms with E-state index in [-0.39, 0.29) is 0 Å². The van der Waals surface area contributed by atoms with Crippen molar-refractivity contribution in [3.8, 4) is 5.75 Å². The largest absolute Gasteiger partial charge is 0.496 e. The molecule has 1 unspecified atom stereocenters. The van der Waals surface area contributed by atoms with Crippen LogP contribution in [0.15, 0.2) is 54.6 Å². The van der Waals surface area contributed by atoms with Crippen molar-refractivity contribution in [3.63, 3.8) is 0 Å². The first kappa shape index (κ1) is 15.1. The number of carbonyl (C=O) groups is 1. The molecule has 110 valence electrons. The van der Waals surface area contributed by atoms with Gasteiger partial charge in [0.15, 0.2) is 0 Å². The maximum absolute atomic E-state index is 12.0. The Morgan fingerprint density at radius 3 is 2.29 bits per heavy atom. The normalized spacial score (nSPS) is 13.4. The molecule has 0 saturated carbocycles. The lowest BCUT2D eigenvalue weighted by atomic mass is 9.73. The number of methoxy groups -OCH3 is 1. The summed E-state index contributed by atoms with van der Waals surface area (Å²) in [6.45, 7) is 1.91. The van der Waals surface area contributed by atoms with Gasteiger partial charge in [-0.25, -0.2) is 0 Å². The van der Waals surface area contributed by atoms with E-state index >= 15 is 0 Å². The van der Waals surface area contributed by atoms with E-state index in [9.17, 15) is 9.90 Å². The molecule has 2 aromatic rings. The quantitative estimate of drug-likeness (QED) is 0.880. The molecule has 0 radical (unpaired) electrons. The number of aliphatic carboxylic acids is 1. The van der Waals surface area contributed by atoms with Crippen molar-refractivity contribution in [1.82, 2.24) is 0 Å². The van der Waals surface area contributed by atoms with Gasteiger partial charge >= 0.3 is 5.97 Å². The number of hydrogen-bond donors (Lipinski definition) is 1. The smallest absolute Gasteiger partial charge is 0.314 e. The lowest BCUT2D eigenvalue weighted by Crippen LogP contribution is -2.37. The minimum absolute atomic E-state index is 0.410. The minimum atomic E-state index is -0.935. The molecule has 0 heterocycles. The molecule has 1 N–H and O–H groups in total. The maximum Gasteiger partial charge on any atom is 0.314 e. The van der Waals surface area contributed by atoms with Gasteiger partial charge in [-0.15, -0.1) is 0 Å². The highest BCUT2D eigenvalue weighted by Crippen LogP contribution is 2.35. The molecule has 3 heteroatoms. The summed E-state index contributed by atoms with van der Waals surface area (Å²) in [6, 6.07) is 17.0. The van der Waals surface area contributed by atoms with Crippen molar-refractivity contribution in [3.05, 3.63) is 65.7 Å². The Bertz CT molecular complexity index is 607. The number of carboxylic acids is 1. The molecule has 1 atom stereocenters. The predicted molar refractivity (Wildman–Crippen MR) is 82.7 cm³/mol. The topological polar surface area (TPSA) is 46.5 Å². The first-order valence-electron chi connectivity index (χ1n) is 7.05. The zero-order valence-corrected chi connectivity index (χ0v) is 12.4. The highest BCUT2D eigenvalue weighted by atomic mass is 16.5. The van der Waals surface area contributed by atoms with Gasteiger partial charge in [-0.2, -0.15) is 0 Å². The molecule has 0 amide bonds. The summed E-state index contributed by atoms with van der Waals surface area (Å²) in [5.41, 5.74) is 0.801. The highest BCUT2D eigenvalue weighted by molar-refractivity contribution is 5.82. The van der Waals surface area contributed by atoms with Crippen LogP contribution in [0.3, 0.4) is 0 Å². The van der Waals surface area contributed by atoms with Crippen LogP contribution in [0.4, 0.5) is 0 Å². The van der Waals surface area contributed by atoms with Gasteiger partial charge in [0, 0.05) is 0 Å². The van der Waals surface area contributed by atoms with Crippen LogP contribution in [0, 0.1) is 0 Å². The number of para-hydroxylation sites is 1. The molecule has 0 aliphatic carbocycles. The van der Waals surface area contributed by atoms with Crippen molar-refractivity contribution in [2.75, 3.05) is 7.11 Å². The van der Waals surface area contributed by atoms with Gasteiger partial charge in [0.25, 0.3) is 0 Å². The van der Waals surface area contributed by atoms with Crippen LogP contribution in [0.25, 0.3) is 0 Å². The Balaban J connectivity index is 2.49. The van der Waals surface area contributed by atoms with Crippen molar-refractivity contribution >= 4 is 5.97 Å². The van der Waals surface area contributed by atoms with Crippen LogP contribution in [0.2, 0.25) is 0 Å². The first-order chi connectivity index (χ1) is 10.1. The molecule has 0 aliphatic rings. The second-order valence-electron chi connectivity index (χ2n) is 5.10. The van der Waals surface area contributed by atoms with Crippen molar-refractivity contribution in [1.29, 1.82) is 0 Å². The zero-order chi connectivity index (χ0) is 15.3. The van der Waals surface area contributed by atoms with Gasteiger partial charge in [0.2, 0.25) is 0 Å². The molecular formula is C18H20O3. The average Bonchev–Trinajstić information content (AvgIpc) is 2.53. The number of ether oxygens (including phenoxy) is 1. The molecule has 0 aromatic heterocycles. The van der Waals surface area contributed by atoms with Crippen molar-refractivity contribution in [2.24, 2.45) is 0 Å². The second-order valence-corrected chi connectivity index (χ2v) is 5.10. The van der Waals surface area contributed by atoms with Crippen LogP contribution in [0.1, 0.15) is 24.5 Å². The summed E-state index contributed by atoms with van der Waals surface area (Å²) in [5.74, 6) is -0.0744. The van der Waals surface area contributed by atoms with E-state index < -0.39 is 11.4 Å².